The zero-order chi connectivity index (χ0) is 17.1. The van der Waals surface area contributed by atoms with Crippen LogP contribution in [0.4, 0.5) is 0 Å². The fraction of sp³-hybridized carbons (Fsp3) is 0.294. The number of aromatic nitrogens is 3. The van der Waals surface area contributed by atoms with Crippen molar-refractivity contribution in [2.45, 2.75) is 19.9 Å². The number of H-pyrrole nitrogens is 1. The summed E-state index contributed by atoms with van der Waals surface area (Å²) in [7, 11) is 1.60. The molecule has 3 rings (SSSR count). The molecular formula is C17H20N4O3. The van der Waals surface area contributed by atoms with Gasteiger partial charge in [-0.05, 0) is 37.6 Å². The van der Waals surface area contributed by atoms with Crippen molar-refractivity contribution in [2.24, 2.45) is 5.73 Å². The van der Waals surface area contributed by atoms with Gasteiger partial charge in [0.05, 0.1) is 31.6 Å². The summed E-state index contributed by atoms with van der Waals surface area (Å²) < 4.78 is 16.2. The number of hydrogen-bond donors (Lipinski definition) is 2. The third kappa shape index (κ3) is 2.98. The summed E-state index contributed by atoms with van der Waals surface area (Å²) in [5, 5.41) is 7.13. The number of aromatic amines is 1. The summed E-state index contributed by atoms with van der Waals surface area (Å²) in [5.41, 5.74) is 8.02. The zero-order valence-electron chi connectivity index (χ0n) is 13.9. The molecule has 0 fully saturated rings. The minimum atomic E-state index is -0.455. The Balaban J connectivity index is 1.89. The molecule has 7 heteroatoms. The van der Waals surface area contributed by atoms with Crippen LogP contribution in [0.25, 0.3) is 11.4 Å². The molecule has 3 aromatic rings. The van der Waals surface area contributed by atoms with Gasteiger partial charge in [-0.2, -0.15) is 5.10 Å². The lowest BCUT2D eigenvalue weighted by Gasteiger charge is -2.14. The molecule has 1 unspecified atom stereocenters. The van der Waals surface area contributed by atoms with E-state index in [4.69, 9.17) is 19.6 Å². The SMILES string of the molecule is CCOc1cc(C(N)c2nc(-c3ccoc3C)n[nH]2)ccc1OC. The first-order valence-corrected chi connectivity index (χ1v) is 7.67. The van der Waals surface area contributed by atoms with E-state index in [2.05, 4.69) is 15.2 Å². The van der Waals surface area contributed by atoms with Gasteiger partial charge in [0.25, 0.3) is 0 Å². The van der Waals surface area contributed by atoms with Crippen LogP contribution in [0.5, 0.6) is 11.5 Å². The second-order valence-corrected chi connectivity index (χ2v) is 5.26. The molecule has 2 heterocycles. The molecule has 0 aliphatic rings. The predicted molar refractivity (Wildman–Crippen MR) is 89.0 cm³/mol. The van der Waals surface area contributed by atoms with Gasteiger partial charge < -0.3 is 19.6 Å². The lowest BCUT2D eigenvalue weighted by molar-refractivity contribution is 0.310. The molecule has 1 atom stereocenters. The van der Waals surface area contributed by atoms with Gasteiger partial charge in [-0.15, -0.1) is 0 Å². The number of aryl methyl sites for hydroxylation is 1. The Hall–Kier alpha value is -2.80. The maximum absolute atomic E-state index is 6.32. The first kappa shape index (κ1) is 16.1. The Bertz CT molecular complexity index is 825. The number of methoxy groups -OCH3 is 1. The number of nitrogens with two attached hydrogens (primary N) is 1. The van der Waals surface area contributed by atoms with Crippen molar-refractivity contribution < 1.29 is 13.9 Å². The van der Waals surface area contributed by atoms with Crippen LogP contribution in [-0.4, -0.2) is 28.9 Å². The van der Waals surface area contributed by atoms with Crippen molar-refractivity contribution in [1.82, 2.24) is 15.2 Å². The summed E-state index contributed by atoms with van der Waals surface area (Å²) in [6, 6.07) is 6.95. The Morgan fingerprint density at radius 3 is 2.79 bits per heavy atom. The lowest BCUT2D eigenvalue weighted by Crippen LogP contribution is -2.14. The van der Waals surface area contributed by atoms with Crippen LogP contribution in [-0.2, 0) is 0 Å². The van der Waals surface area contributed by atoms with E-state index in [1.165, 1.54) is 0 Å². The highest BCUT2D eigenvalue weighted by Crippen LogP contribution is 2.31. The summed E-state index contributed by atoms with van der Waals surface area (Å²) in [5.74, 6) is 3.21. The molecular weight excluding hydrogens is 308 g/mol. The first-order chi connectivity index (χ1) is 11.6. The van der Waals surface area contributed by atoms with Crippen molar-refractivity contribution in [2.75, 3.05) is 13.7 Å². The molecule has 0 radical (unpaired) electrons. The summed E-state index contributed by atoms with van der Waals surface area (Å²) >= 11 is 0. The molecule has 0 spiro atoms. The number of ether oxygens (including phenoxy) is 2. The molecule has 0 bridgehead atoms. The van der Waals surface area contributed by atoms with Crippen molar-refractivity contribution >= 4 is 0 Å². The van der Waals surface area contributed by atoms with E-state index in [1.54, 1.807) is 13.4 Å². The minimum Gasteiger partial charge on any atom is -0.493 e. The van der Waals surface area contributed by atoms with E-state index < -0.39 is 6.04 Å². The van der Waals surface area contributed by atoms with Gasteiger partial charge >= 0.3 is 0 Å². The second-order valence-electron chi connectivity index (χ2n) is 5.26. The minimum absolute atomic E-state index is 0.455. The highest BCUT2D eigenvalue weighted by molar-refractivity contribution is 5.56. The summed E-state index contributed by atoms with van der Waals surface area (Å²) in [6.45, 7) is 4.33. The van der Waals surface area contributed by atoms with Gasteiger partial charge in [-0.1, -0.05) is 6.07 Å². The van der Waals surface area contributed by atoms with Gasteiger partial charge in [0.2, 0.25) is 0 Å². The molecule has 7 nitrogen and oxygen atoms in total. The van der Waals surface area contributed by atoms with Crippen LogP contribution >= 0.6 is 0 Å². The molecule has 24 heavy (non-hydrogen) atoms. The van der Waals surface area contributed by atoms with Crippen molar-refractivity contribution in [1.29, 1.82) is 0 Å². The van der Waals surface area contributed by atoms with Gasteiger partial charge in [0.15, 0.2) is 17.3 Å². The highest BCUT2D eigenvalue weighted by atomic mass is 16.5. The number of benzene rings is 1. The predicted octanol–water partition coefficient (Wildman–Crippen LogP) is 2.83. The fourth-order valence-electron chi connectivity index (χ4n) is 2.46. The van der Waals surface area contributed by atoms with Crippen LogP contribution in [0.3, 0.4) is 0 Å². The van der Waals surface area contributed by atoms with Crippen LogP contribution in [0.15, 0.2) is 34.9 Å². The fourth-order valence-corrected chi connectivity index (χ4v) is 2.46. The van der Waals surface area contributed by atoms with Crippen molar-refractivity contribution in [3.05, 3.63) is 47.7 Å². The molecule has 0 aliphatic heterocycles. The standard InChI is InChI=1S/C17H20N4O3/c1-4-23-14-9-11(5-6-13(14)22-3)15(18)17-19-16(20-21-17)12-7-8-24-10(12)2/h5-9,15H,4,18H2,1-3H3,(H,19,20,21). The lowest BCUT2D eigenvalue weighted by atomic mass is 10.1. The number of hydrogen-bond acceptors (Lipinski definition) is 6. The quantitative estimate of drug-likeness (QED) is 0.722. The molecule has 0 saturated heterocycles. The van der Waals surface area contributed by atoms with Crippen LogP contribution in [0.2, 0.25) is 0 Å². The Morgan fingerprint density at radius 2 is 2.12 bits per heavy atom. The average Bonchev–Trinajstić information content (AvgIpc) is 3.23. The van der Waals surface area contributed by atoms with Gasteiger partial charge in [0.1, 0.15) is 11.6 Å². The van der Waals surface area contributed by atoms with E-state index in [0.29, 0.717) is 29.8 Å². The van der Waals surface area contributed by atoms with Crippen LogP contribution in [0, 0.1) is 6.92 Å². The first-order valence-electron chi connectivity index (χ1n) is 7.67. The molecule has 2 aromatic heterocycles. The molecule has 3 N–H and O–H groups in total. The Labute approximate surface area is 139 Å². The zero-order valence-corrected chi connectivity index (χ0v) is 13.9. The number of nitrogens with zero attached hydrogens (tertiary/aromatic N) is 2. The third-order valence-corrected chi connectivity index (χ3v) is 3.74. The van der Waals surface area contributed by atoms with Crippen molar-refractivity contribution in [3.63, 3.8) is 0 Å². The van der Waals surface area contributed by atoms with E-state index in [0.717, 1.165) is 16.9 Å². The smallest absolute Gasteiger partial charge is 0.184 e. The van der Waals surface area contributed by atoms with E-state index in [-0.39, 0.29) is 0 Å². The normalized spacial score (nSPS) is 12.2. The highest BCUT2D eigenvalue weighted by Gasteiger charge is 2.18. The second kappa shape index (κ2) is 6.76. The van der Waals surface area contributed by atoms with E-state index in [9.17, 15) is 0 Å². The molecule has 0 amide bonds. The number of nitrogens with one attached hydrogen (secondary N) is 1. The third-order valence-electron chi connectivity index (χ3n) is 3.74. The topological polar surface area (TPSA) is 99.2 Å². The summed E-state index contributed by atoms with van der Waals surface area (Å²) in [6.07, 6.45) is 1.61. The maximum atomic E-state index is 6.32. The molecule has 126 valence electrons. The van der Waals surface area contributed by atoms with Crippen molar-refractivity contribution in [3.8, 4) is 22.9 Å². The van der Waals surface area contributed by atoms with Crippen LogP contribution in [0.1, 0.15) is 30.1 Å². The molecule has 0 saturated carbocycles. The number of furan rings is 1. The largest absolute Gasteiger partial charge is 0.493 e. The van der Waals surface area contributed by atoms with Gasteiger partial charge in [-0.25, -0.2) is 4.98 Å². The van der Waals surface area contributed by atoms with Gasteiger partial charge in [-0.3, -0.25) is 5.10 Å². The average molecular weight is 328 g/mol. The van der Waals surface area contributed by atoms with Crippen LogP contribution < -0.4 is 15.2 Å². The monoisotopic (exact) mass is 328 g/mol. The van der Waals surface area contributed by atoms with E-state index in [1.807, 2.05) is 38.1 Å². The maximum Gasteiger partial charge on any atom is 0.184 e. The van der Waals surface area contributed by atoms with E-state index >= 15 is 0 Å². The Morgan fingerprint density at radius 1 is 1.29 bits per heavy atom. The molecule has 0 aliphatic carbocycles. The molecule has 1 aromatic carbocycles. The Kier molecular flexibility index (Phi) is 4.52. The number of rotatable bonds is 6. The summed E-state index contributed by atoms with van der Waals surface area (Å²) in [4.78, 5) is 4.48. The van der Waals surface area contributed by atoms with Gasteiger partial charge in [0, 0.05) is 0 Å².